The Kier molecular flexibility index (Phi) is 10.4. The first-order valence-corrected chi connectivity index (χ1v) is 11.1. The van der Waals surface area contributed by atoms with Crippen molar-refractivity contribution in [3.8, 4) is 11.1 Å². The molecule has 0 radical (unpaired) electrons. The molecule has 1 aromatic heterocycles. The summed E-state index contributed by atoms with van der Waals surface area (Å²) in [5, 5.41) is 14.3. The van der Waals surface area contributed by atoms with Crippen LogP contribution in [0.3, 0.4) is 0 Å². The number of carboxylic acids is 1. The molecule has 2 rings (SSSR count). The van der Waals surface area contributed by atoms with E-state index < -0.39 is 5.97 Å². The van der Waals surface area contributed by atoms with E-state index in [1.807, 2.05) is 36.4 Å². The summed E-state index contributed by atoms with van der Waals surface area (Å²) in [6.45, 7) is 0.563. The summed E-state index contributed by atoms with van der Waals surface area (Å²) in [4.78, 5) is 38.3. The minimum Gasteiger partial charge on any atom is -0.481 e. The number of rotatable bonds is 13. The van der Waals surface area contributed by atoms with Crippen molar-refractivity contribution in [2.75, 3.05) is 23.4 Å². The Morgan fingerprint density at radius 3 is 2.57 bits per heavy atom. The lowest BCUT2D eigenvalue weighted by atomic mass is 10.1. The largest absolute Gasteiger partial charge is 0.481 e. The second-order valence-corrected chi connectivity index (χ2v) is 7.83. The number of amides is 2. The van der Waals surface area contributed by atoms with Gasteiger partial charge in [0.1, 0.15) is 0 Å². The van der Waals surface area contributed by atoms with Crippen molar-refractivity contribution in [3.05, 3.63) is 48.8 Å². The lowest BCUT2D eigenvalue weighted by Crippen LogP contribution is -2.26. The zero-order valence-electron chi connectivity index (χ0n) is 16.8. The van der Waals surface area contributed by atoms with Gasteiger partial charge in [-0.2, -0.15) is 11.8 Å². The molecule has 0 aliphatic carbocycles. The molecule has 0 spiro atoms. The van der Waals surface area contributed by atoms with Crippen molar-refractivity contribution in [2.45, 2.75) is 32.1 Å². The number of carbonyl (C=O) groups is 3. The van der Waals surface area contributed by atoms with Gasteiger partial charge in [0.15, 0.2) is 0 Å². The van der Waals surface area contributed by atoms with Crippen LogP contribution in [0.2, 0.25) is 0 Å². The smallest absolute Gasteiger partial charge is 0.304 e. The zero-order valence-corrected chi connectivity index (χ0v) is 17.6. The Morgan fingerprint density at radius 1 is 0.967 bits per heavy atom. The molecule has 0 aliphatic rings. The number of thioether (sulfide) groups is 1. The van der Waals surface area contributed by atoms with Gasteiger partial charge in [0.2, 0.25) is 11.8 Å². The lowest BCUT2D eigenvalue weighted by molar-refractivity contribution is -0.136. The van der Waals surface area contributed by atoms with Crippen LogP contribution in [0.15, 0.2) is 48.8 Å². The molecule has 1 heterocycles. The van der Waals surface area contributed by atoms with Crippen LogP contribution in [-0.4, -0.2) is 45.9 Å². The van der Waals surface area contributed by atoms with Crippen molar-refractivity contribution < 1.29 is 19.5 Å². The quantitative estimate of drug-likeness (QED) is 0.420. The van der Waals surface area contributed by atoms with E-state index in [4.69, 9.17) is 5.11 Å². The fourth-order valence-corrected chi connectivity index (χ4v) is 3.47. The number of unbranched alkanes of at least 4 members (excludes halogenated alkanes) is 2. The number of pyridine rings is 1. The Hall–Kier alpha value is -2.87. The number of nitrogens with zero attached hydrogens (tertiary/aromatic N) is 1. The lowest BCUT2D eigenvalue weighted by Gasteiger charge is -2.08. The molecular weight excluding hydrogens is 402 g/mol. The van der Waals surface area contributed by atoms with Crippen LogP contribution >= 0.6 is 11.8 Å². The molecule has 3 N–H and O–H groups in total. The van der Waals surface area contributed by atoms with Crippen molar-refractivity contribution in [3.63, 3.8) is 0 Å². The zero-order chi connectivity index (χ0) is 21.6. The monoisotopic (exact) mass is 429 g/mol. The third-order valence-corrected chi connectivity index (χ3v) is 5.20. The van der Waals surface area contributed by atoms with Gasteiger partial charge in [0.25, 0.3) is 0 Å². The molecule has 0 saturated carbocycles. The minimum absolute atomic E-state index is 0.0304. The number of hydrogen-bond acceptors (Lipinski definition) is 5. The molecule has 8 heteroatoms. The Labute approximate surface area is 180 Å². The Bertz CT molecular complexity index is 830. The average Bonchev–Trinajstić information content (AvgIpc) is 2.74. The van der Waals surface area contributed by atoms with E-state index in [2.05, 4.69) is 15.6 Å². The van der Waals surface area contributed by atoms with E-state index in [0.717, 1.165) is 36.1 Å². The first-order valence-electron chi connectivity index (χ1n) is 9.91. The van der Waals surface area contributed by atoms with Gasteiger partial charge in [-0.15, -0.1) is 0 Å². The van der Waals surface area contributed by atoms with Gasteiger partial charge in [0.05, 0.1) is 12.2 Å². The standard InChI is InChI=1S/C22H27N3O4S/c26-20(9-2-1-3-12-24-21(27)16-30-13-10-22(28)29)25-19-8-4-6-17(14-19)18-7-5-11-23-15-18/h4-8,11,14-15H,1-3,9-10,12-13,16H2,(H,24,27)(H,25,26)(H,28,29). The van der Waals surface area contributed by atoms with Gasteiger partial charge >= 0.3 is 5.97 Å². The second kappa shape index (κ2) is 13.4. The van der Waals surface area contributed by atoms with Gasteiger partial charge in [-0.25, -0.2) is 0 Å². The summed E-state index contributed by atoms with van der Waals surface area (Å²) in [5.41, 5.74) is 2.75. The predicted octanol–water partition coefficient (Wildman–Crippen LogP) is 3.57. The van der Waals surface area contributed by atoms with E-state index in [9.17, 15) is 14.4 Å². The molecule has 0 unspecified atom stereocenters. The highest BCUT2D eigenvalue weighted by Crippen LogP contribution is 2.21. The molecule has 1 aromatic carbocycles. The molecule has 0 saturated heterocycles. The number of hydrogen-bond donors (Lipinski definition) is 3. The minimum atomic E-state index is -0.854. The van der Waals surface area contributed by atoms with E-state index in [1.165, 1.54) is 11.8 Å². The maximum Gasteiger partial charge on any atom is 0.304 e. The number of carboxylic acid groups (broad SMARTS) is 1. The van der Waals surface area contributed by atoms with Crippen LogP contribution < -0.4 is 10.6 Å². The van der Waals surface area contributed by atoms with Gasteiger partial charge < -0.3 is 15.7 Å². The van der Waals surface area contributed by atoms with Crippen LogP contribution in [0.5, 0.6) is 0 Å². The maximum atomic E-state index is 12.2. The molecule has 0 bridgehead atoms. The van der Waals surface area contributed by atoms with E-state index in [-0.39, 0.29) is 24.0 Å². The summed E-state index contributed by atoms with van der Waals surface area (Å²) >= 11 is 1.31. The van der Waals surface area contributed by atoms with Gasteiger partial charge in [-0.1, -0.05) is 24.6 Å². The first kappa shape index (κ1) is 23.4. The number of benzene rings is 1. The molecule has 160 valence electrons. The molecule has 7 nitrogen and oxygen atoms in total. The Morgan fingerprint density at radius 2 is 1.80 bits per heavy atom. The highest BCUT2D eigenvalue weighted by molar-refractivity contribution is 7.99. The highest BCUT2D eigenvalue weighted by atomic mass is 32.2. The predicted molar refractivity (Wildman–Crippen MR) is 119 cm³/mol. The van der Waals surface area contributed by atoms with Gasteiger partial charge in [0, 0.05) is 42.4 Å². The molecule has 2 amide bonds. The van der Waals surface area contributed by atoms with Crippen molar-refractivity contribution in [1.82, 2.24) is 10.3 Å². The number of anilines is 1. The van der Waals surface area contributed by atoms with Crippen LogP contribution in [0.25, 0.3) is 11.1 Å². The van der Waals surface area contributed by atoms with Crippen LogP contribution in [0.1, 0.15) is 32.1 Å². The molecule has 0 aliphatic heterocycles. The van der Waals surface area contributed by atoms with Crippen LogP contribution in [-0.2, 0) is 14.4 Å². The molecule has 0 atom stereocenters. The van der Waals surface area contributed by atoms with Gasteiger partial charge in [-0.3, -0.25) is 19.4 Å². The average molecular weight is 430 g/mol. The molecule has 0 fully saturated rings. The number of carbonyl (C=O) groups excluding carboxylic acids is 2. The first-order chi connectivity index (χ1) is 14.5. The number of aromatic nitrogens is 1. The molecular formula is C22H27N3O4S. The van der Waals surface area contributed by atoms with Crippen molar-refractivity contribution in [1.29, 1.82) is 0 Å². The van der Waals surface area contributed by atoms with Crippen molar-refractivity contribution in [2.24, 2.45) is 0 Å². The summed E-state index contributed by atoms with van der Waals surface area (Å²) in [6.07, 6.45) is 6.39. The molecule has 2 aromatic rings. The summed E-state index contributed by atoms with van der Waals surface area (Å²) in [7, 11) is 0. The van der Waals surface area contributed by atoms with Crippen LogP contribution in [0.4, 0.5) is 5.69 Å². The second-order valence-electron chi connectivity index (χ2n) is 6.73. The van der Waals surface area contributed by atoms with E-state index in [0.29, 0.717) is 18.7 Å². The maximum absolute atomic E-state index is 12.2. The van der Waals surface area contributed by atoms with E-state index in [1.54, 1.807) is 12.4 Å². The topological polar surface area (TPSA) is 108 Å². The highest BCUT2D eigenvalue weighted by Gasteiger charge is 2.05. The van der Waals surface area contributed by atoms with Gasteiger partial charge in [-0.05, 0) is 36.6 Å². The Balaban J connectivity index is 1.57. The third-order valence-electron chi connectivity index (χ3n) is 4.24. The third kappa shape index (κ3) is 9.56. The van der Waals surface area contributed by atoms with Crippen molar-refractivity contribution >= 4 is 35.2 Å². The fraction of sp³-hybridized carbons (Fsp3) is 0.364. The summed E-state index contributed by atoms with van der Waals surface area (Å²) < 4.78 is 0. The van der Waals surface area contributed by atoms with Crippen LogP contribution in [0, 0.1) is 0 Å². The number of nitrogens with one attached hydrogen (secondary N) is 2. The SMILES string of the molecule is O=C(O)CCSCC(=O)NCCCCCC(=O)Nc1cccc(-c2cccnc2)c1. The normalized spacial score (nSPS) is 10.4. The summed E-state index contributed by atoms with van der Waals surface area (Å²) in [5.74, 6) is -0.265. The number of aliphatic carboxylic acids is 1. The fourth-order valence-electron chi connectivity index (χ4n) is 2.72. The summed E-state index contributed by atoms with van der Waals surface area (Å²) in [6, 6.07) is 11.5. The molecule has 30 heavy (non-hydrogen) atoms. The van der Waals surface area contributed by atoms with E-state index >= 15 is 0 Å².